The van der Waals surface area contributed by atoms with Crippen LogP contribution in [-0.4, -0.2) is 34.8 Å². The Kier molecular flexibility index (Phi) is 3.51. The van der Waals surface area contributed by atoms with E-state index in [9.17, 15) is 9.59 Å². The monoisotopic (exact) mass is 268 g/mol. The van der Waals surface area contributed by atoms with Crippen molar-refractivity contribution in [3.05, 3.63) is 10.6 Å². The van der Waals surface area contributed by atoms with Gasteiger partial charge < -0.3 is 16.4 Å². The van der Waals surface area contributed by atoms with E-state index in [1.807, 2.05) is 0 Å². The molecule has 0 radical (unpaired) electrons. The number of amides is 2. The maximum Gasteiger partial charge on any atom is 0.265 e. The van der Waals surface area contributed by atoms with Crippen LogP contribution in [0.4, 0.5) is 5.13 Å². The molecule has 6 nitrogen and oxygen atoms in total. The van der Waals surface area contributed by atoms with Gasteiger partial charge in [-0.25, -0.2) is 4.98 Å². The van der Waals surface area contributed by atoms with Gasteiger partial charge in [-0.05, 0) is 19.8 Å². The molecular weight excluding hydrogens is 252 g/mol. The highest BCUT2D eigenvalue weighted by atomic mass is 32.1. The van der Waals surface area contributed by atoms with E-state index in [2.05, 4.69) is 4.98 Å². The van der Waals surface area contributed by atoms with Crippen LogP contribution < -0.4 is 11.5 Å². The molecule has 1 aliphatic heterocycles. The lowest BCUT2D eigenvalue weighted by Gasteiger charge is -2.30. The number of primary amides is 1. The van der Waals surface area contributed by atoms with E-state index in [-0.39, 0.29) is 17.7 Å². The zero-order valence-electron chi connectivity index (χ0n) is 10.2. The molecule has 2 amide bonds. The molecule has 0 unspecified atom stereocenters. The molecular formula is C11H16N4O2S. The number of carbonyl (C=O) groups is 2. The van der Waals surface area contributed by atoms with Crippen molar-refractivity contribution < 1.29 is 9.59 Å². The molecule has 0 aliphatic carbocycles. The quantitative estimate of drug-likeness (QED) is 0.809. The molecule has 1 saturated heterocycles. The number of anilines is 1. The SMILES string of the molecule is Cc1nc(N)sc1C(=O)N1CCC(C(N)=O)CC1. The van der Waals surface area contributed by atoms with E-state index in [4.69, 9.17) is 11.5 Å². The highest BCUT2D eigenvalue weighted by molar-refractivity contribution is 7.17. The Morgan fingerprint density at radius 2 is 2.00 bits per heavy atom. The molecule has 1 aliphatic rings. The number of hydrogen-bond donors (Lipinski definition) is 2. The average molecular weight is 268 g/mol. The topological polar surface area (TPSA) is 102 Å². The van der Waals surface area contributed by atoms with Gasteiger partial charge in [0.25, 0.3) is 5.91 Å². The van der Waals surface area contributed by atoms with Crippen LogP contribution in [0.2, 0.25) is 0 Å². The van der Waals surface area contributed by atoms with Gasteiger partial charge in [-0.15, -0.1) is 0 Å². The summed E-state index contributed by atoms with van der Waals surface area (Å²) in [5.41, 5.74) is 11.5. The van der Waals surface area contributed by atoms with Gasteiger partial charge in [0.15, 0.2) is 5.13 Å². The van der Waals surface area contributed by atoms with Crippen LogP contribution in [0.25, 0.3) is 0 Å². The smallest absolute Gasteiger partial charge is 0.265 e. The fourth-order valence-electron chi connectivity index (χ4n) is 2.13. The van der Waals surface area contributed by atoms with Crippen LogP contribution in [0.15, 0.2) is 0 Å². The second-order valence-electron chi connectivity index (χ2n) is 4.44. The normalized spacial score (nSPS) is 16.8. The lowest BCUT2D eigenvalue weighted by atomic mass is 9.96. The molecule has 1 fully saturated rings. The Balaban J connectivity index is 2.04. The van der Waals surface area contributed by atoms with E-state index in [0.29, 0.717) is 41.6 Å². The number of nitrogen functional groups attached to an aromatic ring is 1. The van der Waals surface area contributed by atoms with Crippen molar-refractivity contribution in [2.45, 2.75) is 19.8 Å². The van der Waals surface area contributed by atoms with Crippen molar-refractivity contribution in [3.63, 3.8) is 0 Å². The summed E-state index contributed by atoms with van der Waals surface area (Å²) in [4.78, 5) is 29.7. The van der Waals surface area contributed by atoms with Gasteiger partial charge in [0.1, 0.15) is 4.88 Å². The summed E-state index contributed by atoms with van der Waals surface area (Å²) >= 11 is 1.21. The third-order valence-electron chi connectivity index (χ3n) is 3.19. The minimum Gasteiger partial charge on any atom is -0.375 e. The van der Waals surface area contributed by atoms with Crippen molar-refractivity contribution in [1.29, 1.82) is 0 Å². The van der Waals surface area contributed by atoms with Gasteiger partial charge in [0.05, 0.1) is 5.69 Å². The third-order valence-corrected chi connectivity index (χ3v) is 4.17. The zero-order valence-corrected chi connectivity index (χ0v) is 11.0. The molecule has 0 atom stereocenters. The number of carbonyl (C=O) groups excluding carboxylic acids is 2. The number of nitrogens with zero attached hydrogens (tertiary/aromatic N) is 2. The number of hydrogen-bond acceptors (Lipinski definition) is 5. The maximum atomic E-state index is 12.2. The summed E-state index contributed by atoms with van der Waals surface area (Å²) < 4.78 is 0. The molecule has 1 aromatic heterocycles. The van der Waals surface area contributed by atoms with Crippen molar-refractivity contribution in [2.75, 3.05) is 18.8 Å². The predicted octanol–water partition coefficient (Wildman–Crippen LogP) is 0.371. The van der Waals surface area contributed by atoms with Crippen molar-refractivity contribution >= 4 is 28.3 Å². The van der Waals surface area contributed by atoms with E-state index < -0.39 is 0 Å². The van der Waals surface area contributed by atoms with Crippen molar-refractivity contribution in [3.8, 4) is 0 Å². The Hall–Kier alpha value is -1.63. The van der Waals surface area contributed by atoms with E-state index in [0.717, 1.165) is 0 Å². The minimum absolute atomic E-state index is 0.0513. The Labute approximate surface area is 109 Å². The van der Waals surface area contributed by atoms with Crippen LogP contribution >= 0.6 is 11.3 Å². The number of rotatable bonds is 2. The minimum atomic E-state index is -0.277. The number of aromatic nitrogens is 1. The molecule has 2 rings (SSSR count). The van der Waals surface area contributed by atoms with Gasteiger partial charge in [-0.1, -0.05) is 11.3 Å². The summed E-state index contributed by atoms with van der Waals surface area (Å²) in [5.74, 6) is -0.438. The number of aryl methyl sites for hydroxylation is 1. The first-order valence-corrected chi connectivity index (χ1v) is 6.62. The molecule has 0 spiro atoms. The highest BCUT2D eigenvalue weighted by Crippen LogP contribution is 2.24. The lowest BCUT2D eigenvalue weighted by molar-refractivity contribution is -0.123. The largest absolute Gasteiger partial charge is 0.375 e. The van der Waals surface area contributed by atoms with Crippen LogP contribution in [0.3, 0.4) is 0 Å². The summed E-state index contributed by atoms with van der Waals surface area (Å²) in [6, 6.07) is 0. The predicted molar refractivity (Wildman–Crippen MR) is 69.1 cm³/mol. The molecule has 0 bridgehead atoms. The van der Waals surface area contributed by atoms with E-state index in [1.165, 1.54) is 11.3 Å². The van der Waals surface area contributed by atoms with Crippen molar-refractivity contribution in [2.24, 2.45) is 11.7 Å². The first-order chi connectivity index (χ1) is 8.49. The summed E-state index contributed by atoms with van der Waals surface area (Å²) in [6.45, 7) is 2.89. The van der Waals surface area contributed by atoms with Crippen LogP contribution in [0, 0.1) is 12.8 Å². The average Bonchev–Trinajstić information content (AvgIpc) is 2.67. The Morgan fingerprint density at radius 1 is 1.39 bits per heavy atom. The Bertz CT molecular complexity index is 477. The van der Waals surface area contributed by atoms with Crippen molar-refractivity contribution in [1.82, 2.24) is 9.88 Å². The van der Waals surface area contributed by atoms with Gasteiger partial charge in [-0.2, -0.15) is 0 Å². The summed E-state index contributed by atoms with van der Waals surface area (Å²) in [6.07, 6.45) is 1.27. The second kappa shape index (κ2) is 4.93. The molecule has 0 aromatic carbocycles. The number of nitrogens with two attached hydrogens (primary N) is 2. The highest BCUT2D eigenvalue weighted by Gasteiger charge is 2.28. The standard InChI is InChI=1S/C11H16N4O2S/c1-6-8(18-11(13)14-6)10(17)15-4-2-7(3-5-15)9(12)16/h7H,2-5H2,1H3,(H2,12,16)(H2,13,14). The maximum absolute atomic E-state index is 12.2. The fraction of sp³-hybridized carbons (Fsp3) is 0.545. The number of thiazole rings is 1. The lowest BCUT2D eigenvalue weighted by Crippen LogP contribution is -2.41. The van der Waals surface area contributed by atoms with Gasteiger partial charge in [0, 0.05) is 19.0 Å². The third kappa shape index (κ3) is 2.45. The molecule has 1 aromatic rings. The summed E-state index contributed by atoms with van der Waals surface area (Å²) in [5, 5.41) is 0.405. The van der Waals surface area contributed by atoms with Crippen LogP contribution in [-0.2, 0) is 4.79 Å². The zero-order chi connectivity index (χ0) is 13.3. The van der Waals surface area contributed by atoms with Crippen LogP contribution in [0.1, 0.15) is 28.2 Å². The molecule has 0 saturated carbocycles. The van der Waals surface area contributed by atoms with Crippen LogP contribution in [0.5, 0.6) is 0 Å². The molecule has 2 heterocycles. The van der Waals surface area contributed by atoms with Gasteiger partial charge in [-0.3, -0.25) is 9.59 Å². The second-order valence-corrected chi connectivity index (χ2v) is 5.47. The summed E-state index contributed by atoms with van der Waals surface area (Å²) in [7, 11) is 0. The van der Waals surface area contributed by atoms with Gasteiger partial charge in [0.2, 0.25) is 5.91 Å². The molecule has 4 N–H and O–H groups in total. The molecule has 18 heavy (non-hydrogen) atoms. The van der Waals surface area contributed by atoms with E-state index in [1.54, 1.807) is 11.8 Å². The van der Waals surface area contributed by atoms with E-state index >= 15 is 0 Å². The number of piperidine rings is 1. The fourth-order valence-corrected chi connectivity index (χ4v) is 2.93. The molecule has 7 heteroatoms. The first-order valence-electron chi connectivity index (χ1n) is 5.80. The van der Waals surface area contributed by atoms with Gasteiger partial charge >= 0.3 is 0 Å². The Morgan fingerprint density at radius 3 is 2.44 bits per heavy atom. The first kappa shape index (κ1) is 12.8. The number of likely N-dealkylation sites (tertiary alicyclic amines) is 1. The molecule has 98 valence electrons.